The molecular weight excluding hydrogens is 136 g/mol. The van der Waals surface area contributed by atoms with Gasteiger partial charge in [-0.05, 0) is 19.4 Å². The highest BCUT2D eigenvalue weighted by Gasteiger charge is 2.23. The maximum absolute atomic E-state index is 5.38. The van der Waals surface area contributed by atoms with Gasteiger partial charge in [0.15, 0.2) is 5.09 Å². The SMILES string of the molecule is CC1=C(S)ON(N)C1C. The Morgan fingerprint density at radius 2 is 2.33 bits per heavy atom. The molecule has 0 aliphatic carbocycles. The number of nitrogens with two attached hydrogens (primary N) is 1. The van der Waals surface area contributed by atoms with Gasteiger partial charge < -0.3 is 4.84 Å². The van der Waals surface area contributed by atoms with Crippen molar-refractivity contribution in [1.82, 2.24) is 5.17 Å². The second kappa shape index (κ2) is 2.21. The zero-order valence-electron chi connectivity index (χ0n) is 5.46. The van der Waals surface area contributed by atoms with E-state index < -0.39 is 0 Å². The molecule has 3 nitrogen and oxygen atoms in total. The Morgan fingerprint density at radius 1 is 1.78 bits per heavy atom. The van der Waals surface area contributed by atoms with Crippen LogP contribution in [0.2, 0.25) is 0 Å². The van der Waals surface area contributed by atoms with Crippen molar-refractivity contribution < 1.29 is 4.84 Å². The van der Waals surface area contributed by atoms with Crippen LogP contribution in [-0.4, -0.2) is 11.2 Å². The van der Waals surface area contributed by atoms with Gasteiger partial charge in [-0.2, -0.15) is 0 Å². The minimum Gasteiger partial charge on any atom is -0.384 e. The third kappa shape index (κ3) is 1.05. The largest absolute Gasteiger partial charge is 0.384 e. The van der Waals surface area contributed by atoms with Crippen LogP contribution < -0.4 is 5.84 Å². The quantitative estimate of drug-likeness (QED) is 0.389. The summed E-state index contributed by atoms with van der Waals surface area (Å²) in [6.07, 6.45) is 0. The lowest BCUT2D eigenvalue weighted by Gasteiger charge is -2.12. The second-order valence-electron chi connectivity index (χ2n) is 2.12. The summed E-state index contributed by atoms with van der Waals surface area (Å²) in [5.41, 5.74) is 1.07. The summed E-state index contributed by atoms with van der Waals surface area (Å²) in [4.78, 5) is 4.94. The number of hydrogen-bond acceptors (Lipinski definition) is 4. The van der Waals surface area contributed by atoms with Crippen molar-refractivity contribution in [3.8, 4) is 0 Å². The molecule has 0 aromatic rings. The number of hydrogen-bond donors (Lipinski definition) is 2. The van der Waals surface area contributed by atoms with Crippen LogP contribution in [0.5, 0.6) is 0 Å². The summed E-state index contributed by atoms with van der Waals surface area (Å²) in [5.74, 6) is 5.38. The van der Waals surface area contributed by atoms with Gasteiger partial charge in [0.25, 0.3) is 0 Å². The van der Waals surface area contributed by atoms with Crippen molar-refractivity contribution in [2.24, 2.45) is 5.84 Å². The summed E-state index contributed by atoms with van der Waals surface area (Å²) in [6, 6.07) is 0.150. The van der Waals surface area contributed by atoms with Crippen LogP contribution in [0.25, 0.3) is 0 Å². The van der Waals surface area contributed by atoms with Crippen LogP contribution in [0, 0.1) is 0 Å². The van der Waals surface area contributed by atoms with Crippen molar-refractivity contribution in [2.75, 3.05) is 0 Å². The average Bonchev–Trinajstić information content (AvgIpc) is 1.98. The molecule has 1 rings (SSSR count). The molecule has 1 aliphatic heterocycles. The molecule has 9 heavy (non-hydrogen) atoms. The fourth-order valence-electron chi connectivity index (χ4n) is 0.620. The van der Waals surface area contributed by atoms with E-state index in [1.807, 2.05) is 13.8 Å². The van der Waals surface area contributed by atoms with Crippen molar-refractivity contribution in [2.45, 2.75) is 19.9 Å². The van der Waals surface area contributed by atoms with Gasteiger partial charge in [-0.3, -0.25) is 0 Å². The second-order valence-corrected chi connectivity index (χ2v) is 2.52. The topological polar surface area (TPSA) is 38.5 Å². The monoisotopic (exact) mass is 146 g/mol. The van der Waals surface area contributed by atoms with E-state index in [1.165, 1.54) is 5.17 Å². The third-order valence-corrected chi connectivity index (χ3v) is 1.97. The predicted molar refractivity (Wildman–Crippen MR) is 38.3 cm³/mol. The zero-order valence-corrected chi connectivity index (χ0v) is 6.35. The molecule has 4 heteroatoms. The highest BCUT2D eigenvalue weighted by molar-refractivity contribution is 7.84. The predicted octanol–water partition coefficient (Wildman–Crippen LogP) is 0.657. The van der Waals surface area contributed by atoms with Crippen molar-refractivity contribution >= 4 is 12.6 Å². The molecule has 0 spiro atoms. The molecule has 52 valence electrons. The lowest BCUT2D eigenvalue weighted by atomic mass is 10.2. The van der Waals surface area contributed by atoms with E-state index in [1.54, 1.807) is 0 Å². The molecule has 1 heterocycles. The van der Waals surface area contributed by atoms with Crippen molar-refractivity contribution in [1.29, 1.82) is 0 Å². The van der Waals surface area contributed by atoms with Crippen LogP contribution in [-0.2, 0) is 4.84 Å². The zero-order chi connectivity index (χ0) is 7.02. The Morgan fingerprint density at radius 3 is 2.44 bits per heavy atom. The average molecular weight is 146 g/mol. The molecule has 0 fully saturated rings. The Hall–Kier alpha value is -0.190. The van der Waals surface area contributed by atoms with Crippen LogP contribution >= 0.6 is 12.6 Å². The molecule has 2 N–H and O–H groups in total. The fraction of sp³-hybridized carbons (Fsp3) is 0.600. The first-order valence-electron chi connectivity index (χ1n) is 2.74. The first kappa shape index (κ1) is 6.92. The molecule has 1 unspecified atom stereocenters. The standard InChI is InChI=1S/C5H10N2OS/c1-3-4(2)7(6)8-5(3)9/h4,9H,6H2,1-2H3. The van der Waals surface area contributed by atoms with Gasteiger partial charge in [0.2, 0.25) is 0 Å². The highest BCUT2D eigenvalue weighted by Crippen LogP contribution is 2.24. The summed E-state index contributed by atoms with van der Waals surface area (Å²) in [5, 5.41) is 1.91. The van der Waals surface area contributed by atoms with Crippen LogP contribution in [0.4, 0.5) is 0 Å². The smallest absolute Gasteiger partial charge is 0.180 e. The first-order chi connectivity index (χ1) is 4.13. The minimum absolute atomic E-state index is 0.150. The minimum atomic E-state index is 0.150. The summed E-state index contributed by atoms with van der Waals surface area (Å²) >= 11 is 4.04. The van der Waals surface area contributed by atoms with E-state index in [0.717, 1.165) is 5.57 Å². The Labute approximate surface area is 59.8 Å². The van der Waals surface area contributed by atoms with Crippen LogP contribution in [0.3, 0.4) is 0 Å². The molecule has 1 aliphatic rings. The Kier molecular flexibility index (Phi) is 1.70. The maximum Gasteiger partial charge on any atom is 0.180 e. The lowest BCUT2D eigenvalue weighted by molar-refractivity contribution is -0.106. The van der Waals surface area contributed by atoms with Gasteiger partial charge in [-0.1, -0.05) is 5.17 Å². The van der Waals surface area contributed by atoms with E-state index in [0.29, 0.717) is 5.09 Å². The van der Waals surface area contributed by atoms with Gasteiger partial charge in [0.05, 0.1) is 6.04 Å². The number of hydroxylamine groups is 1. The summed E-state index contributed by atoms with van der Waals surface area (Å²) < 4.78 is 0. The van der Waals surface area contributed by atoms with Crippen molar-refractivity contribution in [3.63, 3.8) is 0 Å². The molecular formula is C5H10N2OS. The van der Waals surface area contributed by atoms with E-state index in [4.69, 9.17) is 10.7 Å². The lowest BCUT2D eigenvalue weighted by Crippen LogP contribution is -2.34. The molecule has 0 aromatic carbocycles. The van der Waals surface area contributed by atoms with Crippen LogP contribution in [0.15, 0.2) is 10.7 Å². The van der Waals surface area contributed by atoms with E-state index in [-0.39, 0.29) is 6.04 Å². The first-order valence-corrected chi connectivity index (χ1v) is 3.19. The molecule has 1 atom stereocenters. The summed E-state index contributed by atoms with van der Waals surface area (Å²) in [6.45, 7) is 3.90. The van der Waals surface area contributed by atoms with E-state index >= 15 is 0 Å². The van der Waals surface area contributed by atoms with E-state index in [9.17, 15) is 0 Å². The molecule has 0 saturated heterocycles. The molecule has 0 saturated carbocycles. The maximum atomic E-state index is 5.38. The third-order valence-electron chi connectivity index (χ3n) is 1.54. The molecule has 0 radical (unpaired) electrons. The van der Waals surface area contributed by atoms with Gasteiger partial charge in [0, 0.05) is 0 Å². The highest BCUT2D eigenvalue weighted by atomic mass is 32.1. The Balaban J connectivity index is 2.74. The number of thiol groups is 1. The van der Waals surface area contributed by atoms with Crippen LogP contribution in [0.1, 0.15) is 13.8 Å². The van der Waals surface area contributed by atoms with Gasteiger partial charge in [-0.25, -0.2) is 5.84 Å². The molecule has 0 aromatic heterocycles. The van der Waals surface area contributed by atoms with Crippen molar-refractivity contribution in [3.05, 3.63) is 10.7 Å². The fourth-order valence-corrected chi connectivity index (χ4v) is 0.902. The number of hydrazine groups is 1. The normalized spacial score (nSPS) is 29.1. The molecule has 0 bridgehead atoms. The van der Waals surface area contributed by atoms with Gasteiger partial charge >= 0.3 is 0 Å². The van der Waals surface area contributed by atoms with Gasteiger partial charge in [-0.15, -0.1) is 12.6 Å². The number of rotatable bonds is 0. The number of nitrogens with zero attached hydrogens (tertiary/aromatic N) is 1. The summed E-state index contributed by atoms with van der Waals surface area (Å²) in [7, 11) is 0. The Bertz CT molecular complexity index is 157. The van der Waals surface area contributed by atoms with Gasteiger partial charge in [0.1, 0.15) is 0 Å². The van der Waals surface area contributed by atoms with E-state index in [2.05, 4.69) is 12.6 Å². The molecule has 0 amide bonds.